The Kier molecular flexibility index (Phi) is 6.36. The molecule has 1 aliphatic rings. The molecule has 0 aliphatic carbocycles. The van der Waals surface area contributed by atoms with Crippen molar-refractivity contribution >= 4 is 24.0 Å². The van der Waals surface area contributed by atoms with Gasteiger partial charge >= 0.3 is 0 Å². The summed E-state index contributed by atoms with van der Waals surface area (Å²) in [6.45, 7) is 8.21. The fraction of sp³-hybridized carbons (Fsp3) is 1.00. The molecule has 13 heavy (non-hydrogen) atoms. The highest BCUT2D eigenvalue weighted by Crippen LogP contribution is 2.21. The Bertz CT molecular complexity index is 131. The Hall–Kier alpha value is 0.540. The Morgan fingerprint density at radius 3 is 2.15 bits per heavy atom. The molecule has 0 saturated carbocycles. The number of hydrogen-bond acceptors (Lipinski definition) is 1. The molecule has 0 bridgehead atoms. The third-order valence-corrected chi connectivity index (χ3v) is 3.19. The number of alkyl halides is 1. The first-order valence-corrected chi connectivity index (χ1v) is 5.46. The van der Waals surface area contributed by atoms with E-state index in [0.29, 0.717) is 5.41 Å². The van der Waals surface area contributed by atoms with E-state index in [1.54, 1.807) is 0 Å². The van der Waals surface area contributed by atoms with Crippen molar-refractivity contribution in [2.75, 3.05) is 25.5 Å². The van der Waals surface area contributed by atoms with E-state index in [4.69, 9.17) is 11.6 Å². The van der Waals surface area contributed by atoms with Gasteiger partial charge in [0.2, 0.25) is 0 Å². The molecule has 0 aromatic heterocycles. The van der Waals surface area contributed by atoms with E-state index in [2.05, 4.69) is 18.7 Å². The average Bonchev–Trinajstić information content (AvgIpc) is 2.06. The molecule has 1 heterocycles. The van der Waals surface area contributed by atoms with Crippen molar-refractivity contribution in [2.45, 2.75) is 33.1 Å². The van der Waals surface area contributed by atoms with Crippen LogP contribution in [0.15, 0.2) is 0 Å². The molecule has 1 nitrogen and oxygen atoms in total. The van der Waals surface area contributed by atoms with E-state index in [1.165, 1.54) is 32.4 Å². The summed E-state index contributed by atoms with van der Waals surface area (Å²) in [5, 5.41) is 0. The van der Waals surface area contributed by atoms with Crippen LogP contribution in [0.5, 0.6) is 0 Å². The quantitative estimate of drug-likeness (QED) is 0.668. The Labute approximate surface area is 93.2 Å². The third-order valence-electron chi connectivity index (χ3n) is 2.46. The van der Waals surface area contributed by atoms with Crippen molar-refractivity contribution in [3.05, 3.63) is 0 Å². The van der Waals surface area contributed by atoms with Crippen LogP contribution in [0.25, 0.3) is 0 Å². The van der Waals surface area contributed by atoms with Crippen LogP contribution < -0.4 is 0 Å². The van der Waals surface area contributed by atoms with Gasteiger partial charge < -0.3 is 4.90 Å². The second-order valence-corrected chi connectivity index (χ2v) is 4.90. The van der Waals surface area contributed by atoms with Gasteiger partial charge in [0.25, 0.3) is 0 Å². The fourth-order valence-corrected chi connectivity index (χ4v) is 1.85. The molecule has 0 atom stereocenters. The van der Waals surface area contributed by atoms with Crippen LogP contribution in [0.1, 0.15) is 33.1 Å². The molecular weight excluding hydrogens is 205 g/mol. The maximum Gasteiger partial charge on any atom is 0.0286 e. The Morgan fingerprint density at radius 1 is 1.15 bits per heavy atom. The minimum absolute atomic E-state index is 0. The van der Waals surface area contributed by atoms with Crippen LogP contribution in [0.3, 0.4) is 0 Å². The zero-order valence-electron chi connectivity index (χ0n) is 8.68. The van der Waals surface area contributed by atoms with E-state index in [9.17, 15) is 0 Å². The predicted molar refractivity (Wildman–Crippen MR) is 62.0 cm³/mol. The summed E-state index contributed by atoms with van der Waals surface area (Å²) in [5.41, 5.74) is 0.291. The highest BCUT2D eigenvalue weighted by Gasteiger charge is 2.21. The Morgan fingerprint density at radius 2 is 1.69 bits per heavy atom. The second-order valence-electron chi connectivity index (χ2n) is 4.63. The summed E-state index contributed by atoms with van der Waals surface area (Å²) in [4.78, 5) is 2.55. The van der Waals surface area contributed by atoms with Gasteiger partial charge in [-0.15, -0.1) is 24.0 Å². The zero-order valence-corrected chi connectivity index (χ0v) is 10.3. The van der Waals surface area contributed by atoms with Gasteiger partial charge in [0.15, 0.2) is 0 Å². The molecule has 3 heteroatoms. The van der Waals surface area contributed by atoms with Gasteiger partial charge in [-0.25, -0.2) is 0 Å². The van der Waals surface area contributed by atoms with Crippen LogP contribution >= 0.6 is 24.0 Å². The van der Waals surface area contributed by atoms with Crippen molar-refractivity contribution in [2.24, 2.45) is 5.41 Å². The lowest BCUT2D eigenvalue weighted by molar-refractivity contribution is 0.166. The van der Waals surface area contributed by atoms with Gasteiger partial charge in [0.1, 0.15) is 0 Å². The first-order valence-electron chi connectivity index (χ1n) is 4.92. The van der Waals surface area contributed by atoms with Gasteiger partial charge in [-0.3, -0.25) is 0 Å². The lowest BCUT2D eigenvalue weighted by Gasteiger charge is -2.33. The summed E-state index contributed by atoms with van der Waals surface area (Å²) < 4.78 is 0. The average molecular weight is 226 g/mol. The first kappa shape index (κ1) is 13.5. The van der Waals surface area contributed by atoms with Crippen molar-refractivity contribution < 1.29 is 0 Å². The van der Waals surface area contributed by atoms with Crippen LogP contribution in [-0.2, 0) is 0 Å². The highest BCUT2D eigenvalue weighted by molar-refractivity contribution is 6.18. The van der Waals surface area contributed by atoms with E-state index >= 15 is 0 Å². The SMILES string of the molecule is CC(C)(CCl)CN1CCCCC1.Cl. The number of hydrogen-bond donors (Lipinski definition) is 0. The standard InChI is InChI=1S/C10H20ClN.ClH/c1-10(2,8-11)9-12-6-4-3-5-7-12;/h3-9H2,1-2H3;1H. The molecular formula is C10H21Cl2N. The number of halogens is 2. The molecule has 0 aromatic rings. The van der Waals surface area contributed by atoms with Crippen LogP contribution in [-0.4, -0.2) is 30.4 Å². The molecule has 1 fully saturated rings. The van der Waals surface area contributed by atoms with E-state index in [-0.39, 0.29) is 12.4 Å². The highest BCUT2D eigenvalue weighted by atomic mass is 35.5. The number of nitrogens with zero attached hydrogens (tertiary/aromatic N) is 1. The molecule has 0 radical (unpaired) electrons. The van der Waals surface area contributed by atoms with E-state index in [1.807, 2.05) is 0 Å². The summed E-state index contributed by atoms with van der Waals surface area (Å²) in [7, 11) is 0. The maximum atomic E-state index is 5.89. The number of rotatable bonds is 3. The maximum absolute atomic E-state index is 5.89. The van der Waals surface area contributed by atoms with Crippen molar-refractivity contribution in [1.82, 2.24) is 4.90 Å². The van der Waals surface area contributed by atoms with Crippen LogP contribution in [0, 0.1) is 5.41 Å². The molecule has 1 saturated heterocycles. The minimum atomic E-state index is 0. The number of piperidine rings is 1. The molecule has 0 amide bonds. The van der Waals surface area contributed by atoms with Crippen LogP contribution in [0.2, 0.25) is 0 Å². The Balaban J connectivity index is 0.00000144. The lowest BCUT2D eigenvalue weighted by Crippen LogP contribution is -2.38. The van der Waals surface area contributed by atoms with Crippen molar-refractivity contribution in [3.63, 3.8) is 0 Å². The van der Waals surface area contributed by atoms with Crippen LogP contribution in [0.4, 0.5) is 0 Å². The topological polar surface area (TPSA) is 3.24 Å². The molecule has 80 valence electrons. The first-order chi connectivity index (χ1) is 5.64. The van der Waals surface area contributed by atoms with Gasteiger partial charge in [0.05, 0.1) is 0 Å². The van der Waals surface area contributed by atoms with Crippen molar-refractivity contribution in [1.29, 1.82) is 0 Å². The second kappa shape index (κ2) is 6.10. The van der Waals surface area contributed by atoms with Crippen molar-refractivity contribution in [3.8, 4) is 0 Å². The fourth-order valence-electron chi connectivity index (χ4n) is 1.77. The molecule has 1 rings (SSSR count). The van der Waals surface area contributed by atoms with Gasteiger partial charge in [-0.1, -0.05) is 20.3 Å². The largest absolute Gasteiger partial charge is 0.303 e. The summed E-state index contributed by atoms with van der Waals surface area (Å²) in [6.07, 6.45) is 4.16. The van der Waals surface area contributed by atoms with Gasteiger partial charge in [-0.05, 0) is 31.3 Å². The van der Waals surface area contributed by atoms with Gasteiger partial charge in [-0.2, -0.15) is 0 Å². The third kappa shape index (κ3) is 5.09. The molecule has 0 unspecified atom stereocenters. The van der Waals surface area contributed by atoms with Gasteiger partial charge in [0, 0.05) is 12.4 Å². The van der Waals surface area contributed by atoms with E-state index < -0.39 is 0 Å². The molecule has 0 spiro atoms. The summed E-state index contributed by atoms with van der Waals surface area (Å²) in [6, 6.07) is 0. The minimum Gasteiger partial charge on any atom is -0.303 e. The lowest BCUT2D eigenvalue weighted by atomic mass is 9.94. The molecule has 0 aromatic carbocycles. The molecule has 0 N–H and O–H groups in total. The van der Waals surface area contributed by atoms with E-state index in [0.717, 1.165) is 12.4 Å². The summed E-state index contributed by atoms with van der Waals surface area (Å²) >= 11 is 5.89. The zero-order chi connectivity index (χ0) is 9.03. The number of likely N-dealkylation sites (tertiary alicyclic amines) is 1. The molecule has 1 aliphatic heterocycles. The normalized spacial score (nSPS) is 19.6. The summed E-state index contributed by atoms with van der Waals surface area (Å²) in [5.74, 6) is 0.767. The monoisotopic (exact) mass is 225 g/mol. The smallest absolute Gasteiger partial charge is 0.0286 e. The predicted octanol–water partition coefficient (Wildman–Crippen LogP) is 3.16.